The molecule has 0 radical (unpaired) electrons. The lowest BCUT2D eigenvalue weighted by Gasteiger charge is -2.31. The summed E-state index contributed by atoms with van der Waals surface area (Å²) in [5.41, 5.74) is 4.71. The number of aryl methyl sites for hydroxylation is 1. The molecule has 1 atom stereocenters. The first kappa shape index (κ1) is 13.6. The highest BCUT2D eigenvalue weighted by Crippen LogP contribution is 2.30. The molecule has 3 N–H and O–H groups in total. The average Bonchev–Trinajstić information content (AvgIpc) is 2.71. The zero-order valence-corrected chi connectivity index (χ0v) is 10.6. The van der Waals surface area contributed by atoms with Crippen molar-refractivity contribution in [1.29, 1.82) is 0 Å². The summed E-state index contributed by atoms with van der Waals surface area (Å²) in [7, 11) is 0. The van der Waals surface area contributed by atoms with Gasteiger partial charge in [-0.1, -0.05) is 13.8 Å². The van der Waals surface area contributed by atoms with Gasteiger partial charge in [0.1, 0.15) is 12.2 Å². The van der Waals surface area contributed by atoms with Crippen LogP contribution < -0.4 is 5.73 Å². The molecule has 1 aromatic rings. The topological polar surface area (TPSA) is 94.0 Å². The van der Waals surface area contributed by atoms with Crippen molar-refractivity contribution in [3.8, 4) is 0 Å². The SMILES string of the molecule is CCn1ncnc1CC(CN)(C(=O)O)C(C)C. The van der Waals surface area contributed by atoms with E-state index in [0.29, 0.717) is 18.8 Å². The number of nitrogens with two attached hydrogens (primary N) is 1. The molecule has 0 saturated carbocycles. The zero-order valence-electron chi connectivity index (χ0n) is 10.6. The molecule has 1 rings (SSSR count). The smallest absolute Gasteiger partial charge is 0.311 e. The van der Waals surface area contributed by atoms with E-state index in [1.807, 2.05) is 20.8 Å². The summed E-state index contributed by atoms with van der Waals surface area (Å²) in [4.78, 5) is 15.6. The minimum atomic E-state index is -0.972. The minimum Gasteiger partial charge on any atom is -0.481 e. The Bertz CT molecular complexity index is 389. The van der Waals surface area contributed by atoms with Gasteiger partial charge < -0.3 is 10.8 Å². The maximum absolute atomic E-state index is 11.5. The van der Waals surface area contributed by atoms with Crippen molar-refractivity contribution in [2.75, 3.05) is 6.54 Å². The van der Waals surface area contributed by atoms with Crippen LogP contribution in [0.5, 0.6) is 0 Å². The standard InChI is InChI=1S/C11H20N4O2/c1-4-15-9(13-7-14-15)5-11(6-12,8(2)3)10(16)17/h7-8H,4-6,12H2,1-3H3,(H,16,17). The number of carbonyl (C=O) groups is 1. The molecule has 96 valence electrons. The summed E-state index contributed by atoms with van der Waals surface area (Å²) >= 11 is 0. The number of aliphatic carboxylic acids is 1. The molecule has 0 spiro atoms. The van der Waals surface area contributed by atoms with Gasteiger partial charge in [-0.25, -0.2) is 4.98 Å². The predicted molar refractivity (Wildman–Crippen MR) is 63.4 cm³/mol. The van der Waals surface area contributed by atoms with E-state index in [4.69, 9.17) is 5.73 Å². The lowest BCUT2D eigenvalue weighted by molar-refractivity contribution is -0.151. The maximum Gasteiger partial charge on any atom is 0.311 e. The first-order valence-corrected chi connectivity index (χ1v) is 5.78. The quantitative estimate of drug-likeness (QED) is 0.756. The summed E-state index contributed by atoms with van der Waals surface area (Å²) in [6.07, 6.45) is 1.76. The largest absolute Gasteiger partial charge is 0.481 e. The normalized spacial score (nSPS) is 14.9. The second-order valence-electron chi connectivity index (χ2n) is 4.49. The Labute approximate surface area is 101 Å². The highest BCUT2D eigenvalue weighted by molar-refractivity contribution is 5.75. The van der Waals surface area contributed by atoms with Gasteiger partial charge in [0.2, 0.25) is 0 Å². The summed E-state index contributed by atoms with van der Waals surface area (Å²) in [6, 6.07) is 0. The van der Waals surface area contributed by atoms with Gasteiger partial charge in [-0.3, -0.25) is 9.48 Å². The molecule has 6 heteroatoms. The van der Waals surface area contributed by atoms with Crippen molar-refractivity contribution in [2.24, 2.45) is 17.1 Å². The molecule has 6 nitrogen and oxygen atoms in total. The molecule has 0 bridgehead atoms. The van der Waals surface area contributed by atoms with Gasteiger partial charge in [0.25, 0.3) is 0 Å². The van der Waals surface area contributed by atoms with E-state index in [1.54, 1.807) is 4.68 Å². The second-order valence-corrected chi connectivity index (χ2v) is 4.49. The van der Waals surface area contributed by atoms with Crippen LogP contribution in [-0.4, -0.2) is 32.4 Å². The highest BCUT2D eigenvalue weighted by Gasteiger charge is 2.41. The van der Waals surface area contributed by atoms with Gasteiger partial charge in [-0.15, -0.1) is 0 Å². The van der Waals surface area contributed by atoms with Crippen molar-refractivity contribution < 1.29 is 9.90 Å². The number of hydrogen-bond acceptors (Lipinski definition) is 4. The molecule has 0 aliphatic carbocycles. The van der Waals surface area contributed by atoms with Gasteiger partial charge in [0.05, 0.1) is 5.41 Å². The first-order chi connectivity index (χ1) is 7.97. The van der Waals surface area contributed by atoms with E-state index < -0.39 is 11.4 Å². The Hall–Kier alpha value is -1.43. The van der Waals surface area contributed by atoms with Gasteiger partial charge in [-0.05, 0) is 12.8 Å². The molecule has 17 heavy (non-hydrogen) atoms. The van der Waals surface area contributed by atoms with Crippen molar-refractivity contribution in [3.63, 3.8) is 0 Å². The number of aromatic nitrogens is 3. The van der Waals surface area contributed by atoms with Crippen LogP contribution in [0.3, 0.4) is 0 Å². The van der Waals surface area contributed by atoms with Crippen molar-refractivity contribution in [2.45, 2.75) is 33.7 Å². The van der Waals surface area contributed by atoms with Crippen molar-refractivity contribution in [3.05, 3.63) is 12.2 Å². The van der Waals surface area contributed by atoms with Crippen LogP contribution in [0.2, 0.25) is 0 Å². The summed E-state index contributed by atoms with van der Waals surface area (Å²) in [5.74, 6) is -0.262. The van der Waals surface area contributed by atoms with E-state index in [9.17, 15) is 9.90 Å². The van der Waals surface area contributed by atoms with Crippen molar-refractivity contribution in [1.82, 2.24) is 14.8 Å². The van der Waals surface area contributed by atoms with Crippen LogP contribution in [0.4, 0.5) is 0 Å². The number of carboxylic acid groups (broad SMARTS) is 1. The third-order valence-corrected chi connectivity index (χ3v) is 3.36. The number of rotatable bonds is 6. The first-order valence-electron chi connectivity index (χ1n) is 5.78. The minimum absolute atomic E-state index is 0.0630. The Balaban J connectivity index is 3.06. The Morgan fingerprint density at radius 1 is 1.65 bits per heavy atom. The Morgan fingerprint density at radius 3 is 2.71 bits per heavy atom. The van der Waals surface area contributed by atoms with Crippen LogP contribution in [-0.2, 0) is 17.8 Å². The van der Waals surface area contributed by atoms with Crippen molar-refractivity contribution >= 4 is 5.97 Å². The van der Waals surface area contributed by atoms with Gasteiger partial charge in [-0.2, -0.15) is 5.10 Å². The maximum atomic E-state index is 11.5. The zero-order chi connectivity index (χ0) is 13.1. The van der Waals surface area contributed by atoms with E-state index in [2.05, 4.69) is 10.1 Å². The fraction of sp³-hybridized carbons (Fsp3) is 0.727. The molecular weight excluding hydrogens is 220 g/mol. The molecule has 0 amide bonds. The Kier molecular flexibility index (Phi) is 4.22. The third kappa shape index (κ3) is 2.46. The van der Waals surface area contributed by atoms with Gasteiger partial charge in [0, 0.05) is 19.5 Å². The number of carboxylic acids is 1. The monoisotopic (exact) mass is 240 g/mol. The fourth-order valence-electron chi connectivity index (χ4n) is 1.89. The summed E-state index contributed by atoms with van der Waals surface area (Å²) in [6.45, 7) is 6.45. The van der Waals surface area contributed by atoms with Gasteiger partial charge >= 0.3 is 5.97 Å². The number of nitrogens with zero attached hydrogens (tertiary/aromatic N) is 3. The molecule has 0 aliphatic heterocycles. The molecule has 0 fully saturated rings. The van der Waals surface area contributed by atoms with Gasteiger partial charge in [0.15, 0.2) is 0 Å². The van der Waals surface area contributed by atoms with Crippen LogP contribution in [0.1, 0.15) is 26.6 Å². The van der Waals surface area contributed by atoms with Crippen LogP contribution in [0.15, 0.2) is 6.33 Å². The fourth-order valence-corrected chi connectivity index (χ4v) is 1.89. The van der Waals surface area contributed by atoms with Crippen LogP contribution in [0.25, 0.3) is 0 Å². The highest BCUT2D eigenvalue weighted by atomic mass is 16.4. The van der Waals surface area contributed by atoms with E-state index in [-0.39, 0.29) is 12.5 Å². The van der Waals surface area contributed by atoms with E-state index in [1.165, 1.54) is 6.33 Å². The summed E-state index contributed by atoms with van der Waals surface area (Å²) < 4.78 is 1.70. The Morgan fingerprint density at radius 2 is 2.29 bits per heavy atom. The van der Waals surface area contributed by atoms with Crippen LogP contribution >= 0.6 is 0 Å². The molecule has 1 aromatic heterocycles. The third-order valence-electron chi connectivity index (χ3n) is 3.36. The molecule has 1 heterocycles. The van der Waals surface area contributed by atoms with Crippen LogP contribution in [0, 0.1) is 11.3 Å². The molecule has 0 aromatic carbocycles. The lowest BCUT2D eigenvalue weighted by Crippen LogP contribution is -2.45. The van der Waals surface area contributed by atoms with E-state index in [0.717, 1.165) is 0 Å². The predicted octanol–water partition coefficient (Wildman–Crippen LogP) is 0.526. The molecule has 1 unspecified atom stereocenters. The van der Waals surface area contributed by atoms with E-state index >= 15 is 0 Å². The lowest BCUT2D eigenvalue weighted by atomic mass is 9.74. The average molecular weight is 240 g/mol. The molecule has 0 saturated heterocycles. The molecular formula is C11H20N4O2. The summed E-state index contributed by atoms with van der Waals surface area (Å²) in [5, 5.41) is 13.5. The molecule has 0 aliphatic rings. The number of hydrogen-bond donors (Lipinski definition) is 2. The second kappa shape index (κ2) is 5.27.